The summed E-state index contributed by atoms with van der Waals surface area (Å²) in [6, 6.07) is 11.1. The van der Waals surface area contributed by atoms with Gasteiger partial charge in [0.2, 0.25) is 0 Å². The van der Waals surface area contributed by atoms with E-state index in [2.05, 4.69) is 5.32 Å². The summed E-state index contributed by atoms with van der Waals surface area (Å²) in [7, 11) is 0. The van der Waals surface area contributed by atoms with Gasteiger partial charge in [0.25, 0.3) is 5.56 Å². The number of ether oxygens (including phenoxy) is 1. The Bertz CT molecular complexity index is 863. The molecule has 0 saturated heterocycles. The van der Waals surface area contributed by atoms with Gasteiger partial charge in [0.1, 0.15) is 5.60 Å². The van der Waals surface area contributed by atoms with Crippen molar-refractivity contribution < 1.29 is 9.53 Å². The van der Waals surface area contributed by atoms with Crippen LogP contribution in [-0.4, -0.2) is 27.4 Å². The zero-order valence-electron chi connectivity index (χ0n) is 16.1. The smallest absolute Gasteiger partial charge is 0.407 e. The van der Waals surface area contributed by atoms with Crippen molar-refractivity contribution in [1.82, 2.24) is 14.5 Å². The molecule has 1 aromatic carbocycles. The standard InChI is InChI=1S/C20H27N3O4/c1-20(2,3)27-18(25)21-12-7-13-22-14-11-17(24)23(19(22)26)15-10-16-8-5-4-6-9-16/h4-6,8-9,11,14H,7,10,12-13,15H2,1-3H3,(H,21,25). The molecule has 0 radical (unpaired) electrons. The topological polar surface area (TPSA) is 82.3 Å². The third-order valence-electron chi connectivity index (χ3n) is 3.85. The summed E-state index contributed by atoms with van der Waals surface area (Å²) in [6.45, 7) is 6.50. The van der Waals surface area contributed by atoms with Crippen LogP contribution in [0.1, 0.15) is 32.8 Å². The van der Waals surface area contributed by atoms with E-state index in [4.69, 9.17) is 4.74 Å². The maximum atomic E-state index is 12.5. The molecule has 0 aliphatic heterocycles. The van der Waals surface area contributed by atoms with Gasteiger partial charge in [0, 0.05) is 31.9 Å². The summed E-state index contributed by atoms with van der Waals surface area (Å²) in [5.74, 6) is 0. The lowest BCUT2D eigenvalue weighted by molar-refractivity contribution is 0.0526. The normalized spacial score (nSPS) is 11.2. The van der Waals surface area contributed by atoms with Gasteiger partial charge in [-0.15, -0.1) is 0 Å². The molecule has 2 aromatic rings. The second kappa shape index (κ2) is 9.21. The van der Waals surface area contributed by atoms with Crippen LogP contribution in [0.5, 0.6) is 0 Å². The molecule has 0 aliphatic rings. The van der Waals surface area contributed by atoms with Gasteiger partial charge in [-0.2, -0.15) is 0 Å². The lowest BCUT2D eigenvalue weighted by Gasteiger charge is -2.19. The highest BCUT2D eigenvalue weighted by Gasteiger charge is 2.15. The molecule has 1 aromatic heterocycles. The number of rotatable bonds is 7. The van der Waals surface area contributed by atoms with Crippen LogP contribution in [0, 0.1) is 0 Å². The molecular formula is C20H27N3O4. The van der Waals surface area contributed by atoms with Gasteiger partial charge in [0.05, 0.1) is 0 Å². The summed E-state index contributed by atoms with van der Waals surface area (Å²) in [6.07, 6.45) is 2.18. The molecule has 0 unspecified atom stereocenters. The number of carbonyl (C=O) groups is 1. The highest BCUT2D eigenvalue weighted by atomic mass is 16.6. The van der Waals surface area contributed by atoms with E-state index in [0.29, 0.717) is 32.5 Å². The van der Waals surface area contributed by atoms with E-state index in [0.717, 1.165) is 5.56 Å². The van der Waals surface area contributed by atoms with Crippen molar-refractivity contribution in [3.8, 4) is 0 Å². The number of carbonyl (C=O) groups excluding carboxylic acids is 1. The largest absolute Gasteiger partial charge is 0.444 e. The Morgan fingerprint density at radius 2 is 1.78 bits per heavy atom. The summed E-state index contributed by atoms with van der Waals surface area (Å²) >= 11 is 0. The molecule has 0 atom stereocenters. The molecule has 146 valence electrons. The molecule has 2 rings (SSSR count). The number of hydrogen-bond acceptors (Lipinski definition) is 4. The van der Waals surface area contributed by atoms with Gasteiger partial charge < -0.3 is 14.6 Å². The first kappa shape index (κ1) is 20.5. The average molecular weight is 373 g/mol. The monoisotopic (exact) mass is 373 g/mol. The summed E-state index contributed by atoms with van der Waals surface area (Å²) < 4.78 is 7.89. The van der Waals surface area contributed by atoms with Crippen molar-refractivity contribution in [2.24, 2.45) is 0 Å². The lowest BCUT2D eigenvalue weighted by Crippen LogP contribution is -2.40. The van der Waals surface area contributed by atoms with E-state index in [9.17, 15) is 14.4 Å². The van der Waals surface area contributed by atoms with Gasteiger partial charge >= 0.3 is 11.8 Å². The minimum Gasteiger partial charge on any atom is -0.444 e. The first-order chi connectivity index (χ1) is 12.8. The first-order valence-electron chi connectivity index (χ1n) is 9.07. The number of alkyl carbamates (subject to hydrolysis) is 1. The number of aryl methyl sites for hydroxylation is 2. The highest BCUT2D eigenvalue weighted by Crippen LogP contribution is 2.06. The van der Waals surface area contributed by atoms with Crippen molar-refractivity contribution in [1.29, 1.82) is 0 Å². The Hall–Kier alpha value is -2.83. The van der Waals surface area contributed by atoms with Crippen molar-refractivity contribution in [2.45, 2.75) is 52.3 Å². The Kier molecular flexibility index (Phi) is 6.98. The number of nitrogens with zero attached hydrogens (tertiary/aromatic N) is 2. The van der Waals surface area contributed by atoms with Crippen LogP contribution in [0.15, 0.2) is 52.2 Å². The van der Waals surface area contributed by atoms with E-state index in [-0.39, 0.29) is 11.2 Å². The SMILES string of the molecule is CC(C)(C)OC(=O)NCCCn1ccc(=O)n(CCc2ccccc2)c1=O. The minimum absolute atomic E-state index is 0.306. The predicted octanol–water partition coefficient (Wildman–Crippen LogP) is 2.17. The molecule has 0 fully saturated rings. The summed E-state index contributed by atoms with van der Waals surface area (Å²) in [5, 5.41) is 2.66. The second-order valence-electron chi connectivity index (χ2n) is 7.30. The van der Waals surface area contributed by atoms with Crippen molar-refractivity contribution in [3.63, 3.8) is 0 Å². The number of aromatic nitrogens is 2. The predicted molar refractivity (Wildman–Crippen MR) is 104 cm³/mol. The minimum atomic E-state index is -0.546. The molecule has 0 saturated carbocycles. The molecule has 1 heterocycles. The summed E-state index contributed by atoms with van der Waals surface area (Å²) in [4.78, 5) is 36.2. The lowest BCUT2D eigenvalue weighted by atomic mass is 10.1. The number of hydrogen-bond donors (Lipinski definition) is 1. The van der Waals surface area contributed by atoms with Crippen LogP contribution in [0.25, 0.3) is 0 Å². The number of benzene rings is 1. The van der Waals surface area contributed by atoms with Gasteiger partial charge in [-0.3, -0.25) is 9.36 Å². The zero-order chi connectivity index (χ0) is 19.9. The van der Waals surface area contributed by atoms with Crippen LogP contribution in [-0.2, 0) is 24.2 Å². The quantitative estimate of drug-likeness (QED) is 0.754. The summed E-state index contributed by atoms with van der Waals surface area (Å²) in [5.41, 5.74) is -0.120. The van der Waals surface area contributed by atoms with Gasteiger partial charge in [0.15, 0.2) is 0 Å². The Balaban J connectivity index is 1.91. The fourth-order valence-corrected chi connectivity index (χ4v) is 2.57. The molecular weight excluding hydrogens is 346 g/mol. The fourth-order valence-electron chi connectivity index (χ4n) is 2.57. The van der Waals surface area contributed by atoms with Crippen LogP contribution in [0.2, 0.25) is 0 Å². The molecule has 0 aliphatic carbocycles. The van der Waals surface area contributed by atoms with Crippen molar-refractivity contribution in [3.05, 3.63) is 69.0 Å². The van der Waals surface area contributed by atoms with E-state index >= 15 is 0 Å². The third-order valence-corrected chi connectivity index (χ3v) is 3.85. The number of nitrogens with one attached hydrogen (secondary N) is 1. The molecule has 0 bridgehead atoms. The van der Waals surface area contributed by atoms with Crippen LogP contribution < -0.4 is 16.6 Å². The van der Waals surface area contributed by atoms with Gasteiger partial charge in [-0.25, -0.2) is 9.59 Å². The third kappa shape index (κ3) is 6.77. The number of amides is 1. The van der Waals surface area contributed by atoms with Crippen molar-refractivity contribution >= 4 is 6.09 Å². The van der Waals surface area contributed by atoms with E-state index < -0.39 is 11.7 Å². The second-order valence-corrected chi connectivity index (χ2v) is 7.30. The van der Waals surface area contributed by atoms with E-state index in [1.807, 2.05) is 30.3 Å². The Morgan fingerprint density at radius 1 is 1.07 bits per heavy atom. The highest BCUT2D eigenvalue weighted by molar-refractivity contribution is 5.67. The molecule has 7 nitrogen and oxygen atoms in total. The van der Waals surface area contributed by atoms with E-state index in [1.54, 1.807) is 20.8 Å². The molecule has 0 spiro atoms. The molecule has 27 heavy (non-hydrogen) atoms. The van der Waals surface area contributed by atoms with Crippen LogP contribution >= 0.6 is 0 Å². The first-order valence-corrected chi connectivity index (χ1v) is 9.07. The zero-order valence-corrected chi connectivity index (χ0v) is 16.1. The van der Waals surface area contributed by atoms with E-state index in [1.165, 1.54) is 21.4 Å². The average Bonchev–Trinajstić information content (AvgIpc) is 2.59. The Morgan fingerprint density at radius 3 is 2.44 bits per heavy atom. The maximum Gasteiger partial charge on any atom is 0.407 e. The fraction of sp³-hybridized carbons (Fsp3) is 0.450. The molecule has 7 heteroatoms. The van der Waals surface area contributed by atoms with Crippen molar-refractivity contribution in [2.75, 3.05) is 6.54 Å². The van der Waals surface area contributed by atoms with Crippen LogP contribution in [0.3, 0.4) is 0 Å². The maximum absolute atomic E-state index is 12.5. The molecule has 1 amide bonds. The van der Waals surface area contributed by atoms with Gasteiger partial charge in [-0.1, -0.05) is 30.3 Å². The van der Waals surface area contributed by atoms with Gasteiger partial charge in [-0.05, 0) is 39.2 Å². The Labute approximate surface area is 158 Å². The molecule has 1 N–H and O–H groups in total. The van der Waals surface area contributed by atoms with Crippen LogP contribution in [0.4, 0.5) is 4.79 Å².